The smallest absolute Gasteiger partial charge is 0.313 e. The first-order valence-corrected chi connectivity index (χ1v) is 11.7. The number of rotatable bonds is 6. The highest BCUT2D eigenvalue weighted by Gasteiger charge is 2.27. The molecular formula is C26H26FN5O4. The third-order valence-electron chi connectivity index (χ3n) is 6.31. The highest BCUT2D eigenvalue weighted by atomic mass is 19.1. The summed E-state index contributed by atoms with van der Waals surface area (Å²) < 4.78 is 24.8. The summed E-state index contributed by atoms with van der Waals surface area (Å²) in [5.74, 6) is -0.656. The van der Waals surface area contributed by atoms with Crippen LogP contribution in [-0.4, -0.2) is 61.2 Å². The number of piperazine rings is 1. The van der Waals surface area contributed by atoms with Crippen molar-refractivity contribution in [2.24, 2.45) is 0 Å². The largest absolute Gasteiger partial charge is 0.454 e. The summed E-state index contributed by atoms with van der Waals surface area (Å²) in [5.41, 5.74) is 1.95. The van der Waals surface area contributed by atoms with Crippen LogP contribution in [0, 0.1) is 5.82 Å². The van der Waals surface area contributed by atoms with Crippen molar-refractivity contribution in [3.05, 3.63) is 78.4 Å². The van der Waals surface area contributed by atoms with E-state index in [2.05, 4.69) is 20.5 Å². The molecule has 5 rings (SSSR count). The van der Waals surface area contributed by atoms with Crippen LogP contribution in [0.4, 0.5) is 15.8 Å². The second-order valence-corrected chi connectivity index (χ2v) is 8.51. The molecule has 0 aliphatic carbocycles. The van der Waals surface area contributed by atoms with Crippen LogP contribution in [0.5, 0.6) is 11.5 Å². The first-order chi connectivity index (χ1) is 17.6. The van der Waals surface area contributed by atoms with E-state index < -0.39 is 11.8 Å². The molecule has 1 saturated heterocycles. The normalized spacial score (nSPS) is 15.9. The van der Waals surface area contributed by atoms with Crippen molar-refractivity contribution in [3.8, 4) is 11.5 Å². The third-order valence-corrected chi connectivity index (χ3v) is 6.31. The average molecular weight is 492 g/mol. The van der Waals surface area contributed by atoms with Crippen LogP contribution in [0.2, 0.25) is 0 Å². The molecule has 1 aromatic heterocycles. The highest BCUT2D eigenvalue weighted by Crippen LogP contribution is 2.34. The predicted octanol–water partition coefficient (Wildman–Crippen LogP) is 2.57. The topological polar surface area (TPSA) is 96.0 Å². The van der Waals surface area contributed by atoms with E-state index in [9.17, 15) is 14.0 Å². The molecule has 0 unspecified atom stereocenters. The van der Waals surface area contributed by atoms with Crippen LogP contribution >= 0.6 is 0 Å². The zero-order valence-corrected chi connectivity index (χ0v) is 19.5. The van der Waals surface area contributed by atoms with Gasteiger partial charge in [0.25, 0.3) is 0 Å². The maximum Gasteiger partial charge on any atom is 0.313 e. The molecule has 1 fully saturated rings. The number of hydrogen-bond acceptors (Lipinski definition) is 7. The summed E-state index contributed by atoms with van der Waals surface area (Å²) in [6.45, 7) is 2.93. The number of aromatic nitrogens is 1. The molecule has 36 heavy (non-hydrogen) atoms. The van der Waals surface area contributed by atoms with Crippen LogP contribution in [-0.2, 0) is 9.59 Å². The maximum atomic E-state index is 14.2. The van der Waals surface area contributed by atoms with Crippen molar-refractivity contribution in [2.45, 2.75) is 6.04 Å². The van der Waals surface area contributed by atoms with Crippen LogP contribution in [0.3, 0.4) is 0 Å². The van der Waals surface area contributed by atoms with Crippen molar-refractivity contribution in [3.63, 3.8) is 0 Å². The fourth-order valence-corrected chi connectivity index (χ4v) is 4.45. The summed E-state index contributed by atoms with van der Waals surface area (Å²) >= 11 is 0. The van der Waals surface area contributed by atoms with Gasteiger partial charge in [-0.2, -0.15) is 0 Å². The Morgan fingerprint density at radius 1 is 0.972 bits per heavy atom. The minimum Gasteiger partial charge on any atom is -0.454 e. The molecule has 9 nitrogen and oxygen atoms in total. The van der Waals surface area contributed by atoms with Crippen molar-refractivity contribution < 1.29 is 23.5 Å². The van der Waals surface area contributed by atoms with Gasteiger partial charge in [0.2, 0.25) is 6.79 Å². The van der Waals surface area contributed by atoms with Gasteiger partial charge in [-0.25, -0.2) is 4.39 Å². The number of nitrogens with one attached hydrogen (secondary N) is 2. The SMILES string of the molecule is O=C(NC[C@@H](c1cccnc1)N1CCN(c2ccccc2F)CC1)C(=O)Nc1ccc2c(c1)OCO2. The molecule has 0 saturated carbocycles. The molecule has 10 heteroatoms. The number of fused-ring (bicyclic) bond motifs is 1. The first-order valence-electron chi connectivity index (χ1n) is 11.7. The minimum atomic E-state index is -0.775. The number of hydrogen-bond donors (Lipinski definition) is 2. The molecule has 3 heterocycles. The van der Waals surface area contributed by atoms with Gasteiger partial charge in [0.1, 0.15) is 5.82 Å². The van der Waals surface area contributed by atoms with Gasteiger partial charge in [-0.1, -0.05) is 18.2 Å². The van der Waals surface area contributed by atoms with Gasteiger partial charge in [-0.05, 0) is 35.9 Å². The molecule has 2 N–H and O–H groups in total. The number of carbonyl (C=O) groups excluding carboxylic acids is 2. The Balaban J connectivity index is 1.21. The van der Waals surface area contributed by atoms with Gasteiger partial charge >= 0.3 is 11.8 Å². The lowest BCUT2D eigenvalue weighted by atomic mass is 10.1. The molecule has 1 atom stereocenters. The number of halogens is 1. The van der Waals surface area contributed by atoms with Gasteiger partial charge < -0.3 is 25.0 Å². The lowest BCUT2D eigenvalue weighted by molar-refractivity contribution is -0.136. The Hall–Kier alpha value is -4.18. The maximum absolute atomic E-state index is 14.2. The second kappa shape index (κ2) is 10.6. The fraction of sp³-hybridized carbons (Fsp3) is 0.269. The van der Waals surface area contributed by atoms with E-state index in [1.54, 1.807) is 42.7 Å². The van der Waals surface area contributed by atoms with E-state index in [-0.39, 0.29) is 25.2 Å². The molecule has 2 aromatic carbocycles. The predicted molar refractivity (Wildman–Crippen MR) is 131 cm³/mol. The molecule has 0 spiro atoms. The lowest BCUT2D eigenvalue weighted by Gasteiger charge is -2.40. The number of anilines is 2. The summed E-state index contributed by atoms with van der Waals surface area (Å²) in [7, 11) is 0. The highest BCUT2D eigenvalue weighted by molar-refractivity contribution is 6.39. The third kappa shape index (κ3) is 5.23. The van der Waals surface area contributed by atoms with E-state index >= 15 is 0 Å². The fourth-order valence-electron chi connectivity index (χ4n) is 4.45. The monoisotopic (exact) mass is 491 g/mol. The summed E-state index contributed by atoms with van der Waals surface area (Å²) in [6, 6.07) is 15.3. The molecule has 3 aromatic rings. The average Bonchev–Trinajstić information content (AvgIpc) is 3.38. The number of pyridine rings is 1. The van der Waals surface area contributed by atoms with E-state index in [0.29, 0.717) is 49.1 Å². The number of ether oxygens (including phenoxy) is 2. The zero-order chi connectivity index (χ0) is 24.9. The summed E-state index contributed by atoms with van der Waals surface area (Å²) in [5, 5.41) is 5.34. The molecule has 2 aliphatic heterocycles. The summed E-state index contributed by atoms with van der Waals surface area (Å²) in [6.07, 6.45) is 3.45. The molecule has 0 radical (unpaired) electrons. The Labute approximate surface area is 207 Å². The molecule has 2 aliphatic rings. The molecule has 2 amide bonds. The van der Waals surface area contributed by atoms with Gasteiger partial charge in [0.15, 0.2) is 11.5 Å². The number of carbonyl (C=O) groups is 2. The molecule has 186 valence electrons. The quantitative estimate of drug-likeness (QED) is 0.512. The Kier molecular flexibility index (Phi) is 6.94. The van der Waals surface area contributed by atoms with E-state index in [1.807, 2.05) is 23.1 Å². The van der Waals surface area contributed by atoms with Gasteiger partial charge in [0, 0.05) is 56.9 Å². The number of benzene rings is 2. The Morgan fingerprint density at radius 3 is 2.56 bits per heavy atom. The van der Waals surface area contributed by atoms with Gasteiger partial charge in [0.05, 0.1) is 11.7 Å². The van der Waals surface area contributed by atoms with Crippen LogP contribution in [0.25, 0.3) is 0 Å². The number of nitrogens with zero attached hydrogens (tertiary/aromatic N) is 3. The summed E-state index contributed by atoms with van der Waals surface area (Å²) in [4.78, 5) is 33.6. The second-order valence-electron chi connectivity index (χ2n) is 8.51. The minimum absolute atomic E-state index is 0.123. The number of para-hydroxylation sites is 1. The lowest BCUT2D eigenvalue weighted by Crippen LogP contribution is -2.50. The van der Waals surface area contributed by atoms with E-state index in [0.717, 1.165) is 5.56 Å². The van der Waals surface area contributed by atoms with Crippen molar-refractivity contribution in [1.29, 1.82) is 0 Å². The van der Waals surface area contributed by atoms with Crippen molar-refractivity contribution >= 4 is 23.2 Å². The van der Waals surface area contributed by atoms with Crippen LogP contribution in [0.15, 0.2) is 67.0 Å². The van der Waals surface area contributed by atoms with Gasteiger partial charge in [-0.15, -0.1) is 0 Å². The Morgan fingerprint density at radius 2 is 1.78 bits per heavy atom. The van der Waals surface area contributed by atoms with Crippen molar-refractivity contribution in [1.82, 2.24) is 15.2 Å². The standard InChI is InChI=1S/C26H26FN5O4/c27-20-5-1-2-6-21(20)31-10-12-32(13-11-31)22(18-4-3-9-28-15-18)16-29-25(33)26(34)30-19-7-8-23-24(14-19)36-17-35-23/h1-9,14-15,22H,10-13,16-17H2,(H,29,33)(H,30,34)/t22-/m0/s1. The van der Waals surface area contributed by atoms with E-state index in [1.165, 1.54) is 6.07 Å². The van der Waals surface area contributed by atoms with Crippen LogP contribution < -0.4 is 25.0 Å². The van der Waals surface area contributed by atoms with E-state index in [4.69, 9.17) is 9.47 Å². The van der Waals surface area contributed by atoms with Gasteiger partial charge in [-0.3, -0.25) is 19.5 Å². The first kappa shape index (κ1) is 23.6. The molecular weight excluding hydrogens is 465 g/mol. The molecule has 0 bridgehead atoms. The van der Waals surface area contributed by atoms with Crippen LogP contribution in [0.1, 0.15) is 11.6 Å². The Bertz CT molecular complexity index is 1230. The van der Waals surface area contributed by atoms with Crippen molar-refractivity contribution in [2.75, 3.05) is 49.7 Å². The number of amides is 2. The zero-order valence-electron chi connectivity index (χ0n) is 19.5.